The molecule has 0 atom stereocenters. The van der Waals surface area contributed by atoms with Crippen LogP contribution >= 0.6 is 0 Å². The van der Waals surface area contributed by atoms with Gasteiger partial charge in [0.05, 0.1) is 5.75 Å². The van der Waals surface area contributed by atoms with E-state index < -0.39 is 10.0 Å². The van der Waals surface area contributed by atoms with Gasteiger partial charge < -0.3 is 5.32 Å². The molecule has 0 unspecified atom stereocenters. The van der Waals surface area contributed by atoms with E-state index in [4.69, 9.17) is 0 Å². The molecule has 2 aliphatic rings. The van der Waals surface area contributed by atoms with Crippen LogP contribution in [0.5, 0.6) is 0 Å². The maximum Gasteiger partial charge on any atom is 0.212 e. The largest absolute Gasteiger partial charge is 0.314 e. The van der Waals surface area contributed by atoms with Gasteiger partial charge in [0.25, 0.3) is 0 Å². The van der Waals surface area contributed by atoms with E-state index in [9.17, 15) is 8.42 Å². The first-order valence-corrected chi connectivity index (χ1v) is 8.71. The first-order chi connectivity index (χ1) is 8.66. The van der Waals surface area contributed by atoms with Gasteiger partial charge in [-0.05, 0) is 18.8 Å². The van der Waals surface area contributed by atoms with Crippen LogP contribution in [0.3, 0.4) is 0 Å². The Labute approximate surface area is 110 Å². The minimum Gasteiger partial charge on any atom is -0.314 e. The Kier molecular flexibility index (Phi) is 5.41. The minimum atomic E-state index is -3.07. The molecule has 1 heterocycles. The number of nitrogens with one attached hydrogen (secondary N) is 2. The minimum absolute atomic E-state index is 0.233. The predicted molar refractivity (Wildman–Crippen MR) is 73.1 cm³/mol. The molecule has 0 radical (unpaired) electrons. The molecule has 2 rings (SSSR count). The molecule has 1 saturated heterocycles. The normalized spacial score (nSPS) is 22.2. The van der Waals surface area contributed by atoms with Gasteiger partial charge in [-0.2, -0.15) is 0 Å². The van der Waals surface area contributed by atoms with Crippen LogP contribution in [0.2, 0.25) is 0 Å². The SMILES string of the molecule is O=S(=O)(CCN1CCNCC1)NCCCC1CC1. The van der Waals surface area contributed by atoms with Crippen LogP contribution in [0.1, 0.15) is 25.7 Å². The van der Waals surface area contributed by atoms with Crippen LogP contribution in [0.15, 0.2) is 0 Å². The maximum absolute atomic E-state index is 11.8. The Bertz CT molecular complexity index is 335. The molecule has 2 N–H and O–H groups in total. The highest BCUT2D eigenvalue weighted by Crippen LogP contribution is 2.33. The molecule has 0 aromatic rings. The molecule has 2 fully saturated rings. The van der Waals surface area contributed by atoms with Gasteiger partial charge in [0.2, 0.25) is 10.0 Å². The number of hydrogen-bond acceptors (Lipinski definition) is 4. The molecular weight excluding hydrogens is 250 g/mol. The van der Waals surface area contributed by atoms with Crippen molar-refractivity contribution in [2.75, 3.05) is 45.0 Å². The van der Waals surface area contributed by atoms with Gasteiger partial charge in [-0.1, -0.05) is 12.8 Å². The zero-order valence-corrected chi connectivity index (χ0v) is 11.8. The molecule has 5 nitrogen and oxygen atoms in total. The number of nitrogens with zero attached hydrogens (tertiary/aromatic N) is 1. The molecule has 0 spiro atoms. The van der Waals surface area contributed by atoms with Crippen LogP contribution in [-0.4, -0.2) is 58.3 Å². The summed E-state index contributed by atoms with van der Waals surface area (Å²) in [7, 11) is -3.07. The van der Waals surface area contributed by atoms with E-state index >= 15 is 0 Å². The molecule has 1 saturated carbocycles. The Morgan fingerprint density at radius 3 is 2.61 bits per heavy atom. The van der Waals surface area contributed by atoms with E-state index in [0.29, 0.717) is 13.1 Å². The first kappa shape index (κ1) is 14.2. The van der Waals surface area contributed by atoms with E-state index in [1.165, 1.54) is 19.3 Å². The summed E-state index contributed by atoms with van der Waals surface area (Å²) in [5, 5.41) is 3.26. The van der Waals surface area contributed by atoms with Gasteiger partial charge >= 0.3 is 0 Å². The second-order valence-corrected chi connectivity index (χ2v) is 7.32. The van der Waals surface area contributed by atoms with Crippen LogP contribution in [0.25, 0.3) is 0 Å². The van der Waals surface area contributed by atoms with Crippen molar-refractivity contribution in [3.63, 3.8) is 0 Å². The van der Waals surface area contributed by atoms with E-state index in [1.807, 2.05) is 0 Å². The quantitative estimate of drug-likeness (QED) is 0.612. The van der Waals surface area contributed by atoms with Crippen molar-refractivity contribution in [2.45, 2.75) is 25.7 Å². The van der Waals surface area contributed by atoms with Gasteiger partial charge in [-0.25, -0.2) is 13.1 Å². The third-order valence-electron chi connectivity index (χ3n) is 3.69. The van der Waals surface area contributed by atoms with Crippen molar-refractivity contribution >= 4 is 10.0 Å². The smallest absolute Gasteiger partial charge is 0.212 e. The Balaban J connectivity index is 1.56. The molecule has 1 aliphatic carbocycles. The van der Waals surface area contributed by atoms with Crippen molar-refractivity contribution in [1.82, 2.24) is 14.9 Å². The molecule has 1 aliphatic heterocycles. The lowest BCUT2D eigenvalue weighted by Gasteiger charge is -2.26. The number of sulfonamides is 1. The fraction of sp³-hybridized carbons (Fsp3) is 1.00. The summed E-state index contributed by atoms with van der Waals surface area (Å²) in [6, 6.07) is 0. The number of rotatable bonds is 8. The molecule has 0 aromatic carbocycles. The lowest BCUT2D eigenvalue weighted by molar-refractivity contribution is 0.253. The summed E-state index contributed by atoms with van der Waals surface area (Å²) in [6.07, 6.45) is 4.85. The summed E-state index contributed by atoms with van der Waals surface area (Å²) >= 11 is 0. The average Bonchev–Trinajstić information content (AvgIpc) is 3.18. The average molecular weight is 275 g/mol. The van der Waals surface area contributed by atoms with Crippen molar-refractivity contribution in [2.24, 2.45) is 5.92 Å². The Hall–Kier alpha value is -0.170. The topological polar surface area (TPSA) is 61.4 Å². The molecule has 0 aromatic heterocycles. The summed E-state index contributed by atoms with van der Waals surface area (Å²) in [6.45, 7) is 5.11. The van der Waals surface area contributed by atoms with Gasteiger partial charge in [0.15, 0.2) is 0 Å². The zero-order chi connectivity index (χ0) is 12.8. The molecule has 0 bridgehead atoms. The second-order valence-electron chi connectivity index (χ2n) is 5.39. The van der Waals surface area contributed by atoms with Crippen molar-refractivity contribution < 1.29 is 8.42 Å². The van der Waals surface area contributed by atoms with Crippen molar-refractivity contribution in [3.05, 3.63) is 0 Å². The van der Waals surface area contributed by atoms with Crippen LogP contribution in [-0.2, 0) is 10.0 Å². The monoisotopic (exact) mass is 275 g/mol. The van der Waals surface area contributed by atoms with Crippen LogP contribution in [0, 0.1) is 5.92 Å². The number of piperazine rings is 1. The van der Waals surface area contributed by atoms with Gasteiger partial charge in [-0.3, -0.25) is 4.90 Å². The molecule has 106 valence electrons. The maximum atomic E-state index is 11.8. The number of hydrogen-bond donors (Lipinski definition) is 2. The molecule has 18 heavy (non-hydrogen) atoms. The summed E-state index contributed by atoms with van der Waals surface area (Å²) in [4.78, 5) is 2.21. The van der Waals surface area contributed by atoms with E-state index in [2.05, 4.69) is 14.9 Å². The van der Waals surface area contributed by atoms with Gasteiger partial charge in [0.1, 0.15) is 0 Å². The predicted octanol–water partition coefficient (Wildman–Crippen LogP) is 0.00120. The van der Waals surface area contributed by atoms with E-state index in [1.54, 1.807) is 0 Å². The van der Waals surface area contributed by atoms with Crippen LogP contribution < -0.4 is 10.0 Å². The Morgan fingerprint density at radius 1 is 1.22 bits per heavy atom. The highest BCUT2D eigenvalue weighted by Gasteiger charge is 2.20. The van der Waals surface area contributed by atoms with Gasteiger partial charge in [-0.15, -0.1) is 0 Å². The standard InChI is InChI=1S/C12H25N3O2S/c16-18(17,14-5-1-2-12-3-4-12)11-10-15-8-6-13-7-9-15/h12-14H,1-11H2. The Morgan fingerprint density at radius 2 is 1.94 bits per heavy atom. The van der Waals surface area contributed by atoms with Crippen molar-refractivity contribution in [3.8, 4) is 0 Å². The van der Waals surface area contributed by atoms with Crippen LogP contribution in [0.4, 0.5) is 0 Å². The highest BCUT2D eigenvalue weighted by atomic mass is 32.2. The highest BCUT2D eigenvalue weighted by molar-refractivity contribution is 7.89. The second kappa shape index (κ2) is 6.84. The zero-order valence-electron chi connectivity index (χ0n) is 11.0. The fourth-order valence-corrected chi connectivity index (χ4v) is 3.38. The fourth-order valence-electron chi connectivity index (χ4n) is 2.28. The van der Waals surface area contributed by atoms with Crippen molar-refractivity contribution in [1.29, 1.82) is 0 Å². The summed E-state index contributed by atoms with van der Waals surface area (Å²) in [5.74, 6) is 1.12. The summed E-state index contributed by atoms with van der Waals surface area (Å²) < 4.78 is 26.3. The lowest BCUT2D eigenvalue weighted by atomic mass is 10.2. The van der Waals surface area contributed by atoms with E-state index in [0.717, 1.165) is 38.5 Å². The van der Waals surface area contributed by atoms with Gasteiger partial charge in [0, 0.05) is 39.3 Å². The van der Waals surface area contributed by atoms with E-state index in [-0.39, 0.29) is 5.75 Å². The summed E-state index contributed by atoms with van der Waals surface area (Å²) in [5.41, 5.74) is 0. The third kappa shape index (κ3) is 5.65. The lowest BCUT2D eigenvalue weighted by Crippen LogP contribution is -2.45. The molecule has 0 amide bonds. The molecular formula is C12H25N3O2S. The molecule has 6 heteroatoms. The first-order valence-electron chi connectivity index (χ1n) is 7.06. The third-order valence-corrected chi connectivity index (χ3v) is 5.06.